The predicted molar refractivity (Wildman–Crippen MR) is 67.1 cm³/mol. The van der Waals surface area contributed by atoms with E-state index in [0.717, 1.165) is 43.7 Å². The summed E-state index contributed by atoms with van der Waals surface area (Å²) in [6.07, 6.45) is 3.57. The Balaban J connectivity index is 2.12. The summed E-state index contributed by atoms with van der Waals surface area (Å²) in [6.45, 7) is 6.22. The molecule has 1 fully saturated rings. The first-order chi connectivity index (χ1) is 7.27. The summed E-state index contributed by atoms with van der Waals surface area (Å²) in [5.74, 6) is 0.837. The number of rotatable bonds is 5. The van der Waals surface area contributed by atoms with Crippen LogP contribution in [0.25, 0.3) is 0 Å². The average molecular weight is 230 g/mol. The maximum absolute atomic E-state index is 5.34. The Labute approximate surface area is 98.2 Å². The van der Waals surface area contributed by atoms with E-state index in [4.69, 9.17) is 17.0 Å². The molecule has 1 rings (SSSR count). The molecule has 4 heteroatoms. The smallest absolute Gasteiger partial charge is 0.168 e. The lowest BCUT2D eigenvalue weighted by atomic mass is 10.1. The van der Waals surface area contributed by atoms with Crippen LogP contribution in [-0.4, -0.2) is 43.4 Å². The Kier molecular flexibility index (Phi) is 5.95. The molecule has 1 saturated heterocycles. The fraction of sp³-hybridized carbons (Fsp3) is 0.909. The summed E-state index contributed by atoms with van der Waals surface area (Å²) < 4.78 is 4.99. The van der Waals surface area contributed by atoms with Gasteiger partial charge < -0.3 is 15.0 Å². The molecule has 15 heavy (non-hydrogen) atoms. The van der Waals surface area contributed by atoms with Gasteiger partial charge in [-0.25, -0.2) is 0 Å². The van der Waals surface area contributed by atoms with Crippen molar-refractivity contribution in [2.75, 3.05) is 33.4 Å². The van der Waals surface area contributed by atoms with E-state index in [1.54, 1.807) is 7.11 Å². The van der Waals surface area contributed by atoms with Crippen molar-refractivity contribution >= 4 is 17.3 Å². The number of likely N-dealkylation sites (tertiary alicyclic amines) is 1. The summed E-state index contributed by atoms with van der Waals surface area (Å²) >= 11 is 5.34. The second-order valence-electron chi connectivity index (χ2n) is 4.09. The SMILES string of the molecule is CCC1CCN(C(=S)NCCCOC)C1. The summed E-state index contributed by atoms with van der Waals surface area (Å²) in [5, 5.41) is 4.20. The largest absolute Gasteiger partial charge is 0.385 e. The van der Waals surface area contributed by atoms with Crippen LogP contribution in [0.5, 0.6) is 0 Å². The maximum atomic E-state index is 5.34. The summed E-state index contributed by atoms with van der Waals surface area (Å²) in [6, 6.07) is 0. The molecule has 88 valence electrons. The van der Waals surface area contributed by atoms with Gasteiger partial charge in [-0.3, -0.25) is 0 Å². The highest BCUT2D eigenvalue weighted by molar-refractivity contribution is 7.80. The third-order valence-corrected chi connectivity index (χ3v) is 3.35. The number of nitrogens with zero attached hydrogens (tertiary/aromatic N) is 1. The lowest BCUT2D eigenvalue weighted by Gasteiger charge is -2.20. The van der Waals surface area contributed by atoms with E-state index in [9.17, 15) is 0 Å². The molecule has 1 heterocycles. The van der Waals surface area contributed by atoms with Crippen LogP contribution >= 0.6 is 12.2 Å². The second-order valence-corrected chi connectivity index (χ2v) is 4.47. The molecule has 0 aromatic carbocycles. The van der Waals surface area contributed by atoms with Gasteiger partial charge in [0.2, 0.25) is 0 Å². The lowest BCUT2D eigenvalue weighted by molar-refractivity contribution is 0.195. The van der Waals surface area contributed by atoms with Crippen molar-refractivity contribution in [1.82, 2.24) is 10.2 Å². The Bertz CT molecular complexity index is 199. The number of hydrogen-bond acceptors (Lipinski definition) is 2. The third-order valence-electron chi connectivity index (χ3n) is 2.95. The van der Waals surface area contributed by atoms with Crippen LogP contribution in [0, 0.1) is 5.92 Å². The highest BCUT2D eigenvalue weighted by Gasteiger charge is 2.22. The average Bonchev–Trinajstić information content (AvgIpc) is 2.72. The fourth-order valence-corrected chi connectivity index (χ4v) is 2.14. The van der Waals surface area contributed by atoms with Crippen molar-refractivity contribution in [3.05, 3.63) is 0 Å². The van der Waals surface area contributed by atoms with Crippen LogP contribution in [0.3, 0.4) is 0 Å². The standard InChI is InChI=1S/C11H22N2OS/c1-3-10-5-7-13(9-10)11(15)12-6-4-8-14-2/h10H,3-9H2,1-2H3,(H,12,15). The van der Waals surface area contributed by atoms with E-state index in [2.05, 4.69) is 17.1 Å². The molecule has 1 aliphatic rings. The van der Waals surface area contributed by atoms with E-state index in [0.29, 0.717) is 0 Å². The molecular weight excluding hydrogens is 208 g/mol. The predicted octanol–water partition coefficient (Wildman–Crippen LogP) is 1.63. The zero-order chi connectivity index (χ0) is 11.1. The minimum Gasteiger partial charge on any atom is -0.385 e. The van der Waals surface area contributed by atoms with E-state index < -0.39 is 0 Å². The molecule has 0 spiro atoms. The van der Waals surface area contributed by atoms with Crippen LogP contribution in [-0.2, 0) is 4.74 Å². The molecule has 0 radical (unpaired) electrons. The quantitative estimate of drug-likeness (QED) is 0.573. The minimum atomic E-state index is 0.799. The van der Waals surface area contributed by atoms with Gasteiger partial charge >= 0.3 is 0 Å². The van der Waals surface area contributed by atoms with E-state index >= 15 is 0 Å². The Hall–Kier alpha value is -0.350. The highest BCUT2D eigenvalue weighted by Crippen LogP contribution is 2.18. The molecule has 0 amide bonds. The molecule has 0 aromatic heterocycles. The van der Waals surface area contributed by atoms with Gasteiger partial charge in [-0.2, -0.15) is 0 Å². The summed E-state index contributed by atoms with van der Waals surface area (Å²) in [7, 11) is 1.73. The van der Waals surface area contributed by atoms with E-state index in [1.807, 2.05) is 0 Å². The van der Waals surface area contributed by atoms with Gasteiger partial charge in [0.05, 0.1) is 0 Å². The van der Waals surface area contributed by atoms with Crippen molar-refractivity contribution in [3.8, 4) is 0 Å². The monoisotopic (exact) mass is 230 g/mol. The number of hydrogen-bond donors (Lipinski definition) is 1. The molecule has 0 bridgehead atoms. The van der Waals surface area contributed by atoms with Crippen LogP contribution in [0.1, 0.15) is 26.2 Å². The van der Waals surface area contributed by atoms with Crippen molar-refractivity contribution in [2.24, 2.45) is 5.92 Å². The molecule has 1 atom stereocenters. The molecule has 0 aromatic rings. The van der Waals surface area contributed by atoms with Gasteiger partial charge in [0.1, 0.15) is 0 Å². The molecule has 1 N–H and O–H groups in total. The van der Waals surface area contributed by atoms with Gasteiger partial charge in [-0.05, 0) is 31.0 Å². The molecule has 1 aliphatic heterocycles. The van der Waals surface area contributed by atoms with Crippen LogP contribution in [0.15, 0.2) is 0 Å². The maximum Gasteiger partial charge on any atom is 0.168 e. The Morgan fingerprint density at radius 2 is 2.40 bits per heavy atom. The van der Waals surface area contributed by atoms with Gasteiger partial charge in [-0.1, -0.05) is 13.3 Å². The molecule has 3 nitrogen and oxygen atoms in total. The van der Waals surface area contributed by atoms with Crippen molar-refractivity contribution < 1.29 is 4.74 Å². The number of ether oxygens (including phenoxy) is 1. The fourth-order valence-electron chi connectivity index (χ4n) is 1.87. The van der Waals surface area contributed by atoms with E-state index in [-0.39, 0.29) is 0 Å². The molecule has 0 saturated carbocycles. The number of methoxy groups -OCH3 is 1. The number of nitrogens with one attached hydrogen (secondary N) is 1. The van der Waals surface area contributed by atoms with Crippen molar-refractivity contribution in [2.45, 2.75) is 26.2 Å². The first-order valence-electron chi connectivity index (χ1n) is 5.79. The number of thiocarbonyl (C=S) groups is 1. The van der Waals surface area contributed by atoms with Crippen molar-refractivity contribution in [3.63, 3.8) is 0 Å². The second kappa shape index (κ2) is 7.01. The first kappa shape index (κ1) is 12.7. The minimum absolute atomic E-state index is 0.799. The zero-order valence-corrected chi connectivity index (χ0v) is 10.6. The topological polar surface area (TPSA) is 24.5 Å². The Morgan fingerprint density at radius 1 is 1.60 bits per heavy atom. The van der Waals surface area contributed by atoms with Gasteiger partial charge in [0, 0.05) is 33.4 Å². The van der Waals surface area contributed by atoms with Gasteiger partial charge in [0.25, 0.3) is 0 Å². The van der Waals surface area contributed by atoms with Gasteiger partial charge in [0.15, 0.2) is 5.11 Å². The lowest BCUT2D eigenvalue weighted by Crippen LogP contribution is -2.38. The normalized spacial score (nSPS) is 20.7. The van der Waals surface area contributed by atoms with Crippen LogP contribution < -0.4 is 5.32 Å². The zero-order valence-electron chi connectivity index (χ0n) is 9.79. The molecular formula is C11H22N2OS. The van der Waals surface area contributed by atoms with Crippen LogP contribution in [0.2, 0.25) is 0 Å². The summed E-state index contributed by atoms with van der Waals surface area (Å²) in [4.78, 5) is 2.29. The third kappa shape index (κ3) is 4.34. The van der Waals surface area contributed by atoms with Crippen LogP contribution in [0.4, 0.5) is 0 Å². The molecule has 1 unspecified atom stereocenters. The van der Waals surface area contributed by atoms with Crippen molar-refractivity contribution in [1.29, 1.82) is 0 Å². The molecule has 0 aliphatic carbocycles. The summed E-state index contributed by atoms with van der Waals surface area (Å²) in [5.41, 5.74) is 0. The van der Waals surface area contributed by atoms with E-state index in [1.165, 1.54) is 12.8 Å². The van der Waals surface area contributed by atoms with Gasteiger partial charge in [-0.15, -0.1) is 0 Å². The highest BCUT2D eigenvalue weighted by atomic mass is 32.1. The Morgan fingerprint density at radius 3 is 3.00 bits per heavy atom. The first-order valence-corrected chi connectivity index (χ1v) is 6.20.